The third-order valence-corrected chi connectivity index (χ3v) is 9.60. The van der Waals surface area contributed by atoms with Crippen LogP contribution in [0.15, 0.2) is 54.6 Å². The van der Waals surface area contributed by atoms with Gasteiger partial charge in [0.1, 0.15) is 11.4 Å². The van der Waals surface area contributed by atoms with Crippen molar-refractivity contribution in [1.82, 2.24) is 19.4 Å². The molecule has 3 saturated heterocycles. The molecule has 6 heteroatoms. The highest BCUT2D eigenvalue weighted by molar-refractivity contribution is 5.76. The molecule has 0 spiro atoms. The number of hydrogen-bond acceptors (Lipinski definition) is 4. The number of piperidine rings is 2. The molecule has 0 radical (unpaired) electrons. The van der Waals surface area contributed by atoms with Crippen LogP contribution in [0.3, 0.4) is 0 Å². The summed E-state index contributed by atoms with van der Waals surface area (Å²) in [6.07, 6.45) is 7.97. The number of hydrogen-bond donors (Lipinski definition) is 0. The van der Waals surface area contributed by atoms with Crippen LogP contribution in [0.2, 0.25) is 0 Å². The van der Waals surface area contributed by atoms with Crippen LogP contribution in [0.25, 0.3) is 11.0 Å². The minimum atomic E-state index is -0.460. The number of ether oxygens (including phenoxy) is 1. The van der Waals surface area contributed by atoms with E-state index in [0.717, 1.165) is 50.2 Å². The summed E-state index contributed by atoms with van der Waals surface area (Å²) >= 11 is 0. The van der Waals surface area contributed by atoms with Crippen molar-refractivity contribution in [2.24, 2.45) is 0 Å². The summed E-state index contributed by atoms with van der Waals surface area (Å²) in [5.74, 6) is 1.15. The normalized spacial score (nSPS) is 25.2. The molecule has 1 aromatic heterocycles. The Kier molecular flexibility index (Phi) is 6.95. The molecule has 2 aromatic carbocycles. The Bertz CT molecular complexity index is 1290. The minimum absolute atomic E-state index is 0.104. The topological polar surface area (TPSA) is 50.6 Å². The number of aromatic nitrogens is 2. The van der Waals surface area contributed by atoms with E-state index >= 15 is 0 Å². The van der Waals surface area contributed by atoms with Crippen LogP contribution in [0.4, 0.5) is 4.79 Å². The lowest BCUT2D eigenvalue weighted by Crippen LogP contribution is -2.49. The SMILES string of the molecule is Cc1nc2ccccc2n1[C@H]1C[C@H]2CC[C@@H](C1)N2CCC1(c2ccccc2)CCN(C(=O)OC(C)(C)C)CC1. The standard InChI is InChI=1S/C33H44N4O2/c1-24-34-29-12-8-9-13-30(29)37(24)28-22-26-14-15-27(23-28)36(26)21-18-33(25-10-6-5-7-11-25)16-19-35(20-17-33)31(38)39-32(2,3)4/h5-13,26-28H,14-23H2,1-4H3/t26-,27+,28+. The Labute approximate surface area is 233 Å². The molecule has 3 aliphatic rings. The van der Waals surface area contributed by atoms with E-state index in [4.69, 9.17) is 9.72 Å². The van der Waals surface area contributed by atoms with E-state index in [2.05, 4.69) is 71.0 Å². The molecule has 39 heavy (non-hydrogen) atoms. The highest BCUT2D eigenvalue weighted by atomic mass is 16.6. The van der Waals surface area contributed by atoms with Gasteiger partial charge in [0.2, 0.25) is 0 Å². The van der Waals surface area contributed by atoms with Crippen molar-refractivity contribution in [2.75, 3.05) is 19.6 Å². The Morgan fingerprint density at radius 1 is 0.949 bits per heavy atom. The molecular weight excluding hydrogens is 484 g/mol. The first-order valence-electron chi connectivity index (χ1n) is 15.0. The van der Waals surface area contributed by atoms with Crippen LogP contribution in [-0.4, -0.2) is 62.8 Å². The average Bonchev–Trinajstić information content (AvgIpc) is 3.37. The third-order valence-electron chi connectivity index (χ3n) is 9.60. The number of aryl methyl sites for hydroxylation is 1. The van der Waals surface area contributed by atoms with Gasteiger partial charge in [-0.1, -0.05) is 42.5 Å². The predicted molar refractivity (Wildman–Crippen MR) is 156 cm³/mol. The number of benzene rings is 2. The summed E-state index contributed by atoms with van der Waals surface area (Å²) in [5.41, 5.74) is 3.47. The van der Waals surface area contributed by atoms with Crippen LogP contribution < -0.4 is 0 Å². The van der Waals surface area contributed by atoms with Crippen LogP contribution >= 0.6 is 0 Å². The minimum Gasteiger partial charge on any atom is -0.444 e. The van der Waals surface area contributed by atoms with Gasteiger partial charge in [-0.2, -0.15) is 0 Å². The van der Waals surface area contributed by atoms with Crippen LogP contribution in [0, 0.1) is 6.92 Å². The van der Waals surface area contributed by atoms with Crippen LogP contribution in [-0.2, 0) is 10.2 Å². The highest BCUT2D eigenvalue weighted by Crippen LogP contribution is 2.45. The van der Waals surface area contributed by atoms with Crippen molar-refractivity contribution in [2.45, 2.75) is 102 Å². The zero-order chi connectivity index (χ0) is 27.2. The molecule has 4 heterocycles. The largest absolute Gasteiger partial charge is 0.444 e. The number of amides is 1. The van der Waals surface area contributed by atoms with Gasteiger partial charge in [-0.15, -0.1) is 0 Å². The van der Waals surface area contributed by atoms with E-state index in [1.54, 1.807) is 0 Å². The second kappa shape index (κ2) is 10.3. The maximum absolute atomic E-state index is 12.8. The highest BCUT2D eigenvalue weighted by Gasteiger charge is 2.44. The number of carbonyl (C=O) groups is 1. The van der Waals surface area contributed by atoms with E-state index in [0.29, 0.717) is 18.1 Å². The fourth-order valence-electron chi connectivity index (χ4n) is 7.71. The molecule has 0 aliphatic carbocycles. The van der Waals surface area contributed by atoms with Gasteiger partial charge >= 0.3 is 6.09 Å². The predicted octanol–water partition coefficient (Wildman–Crippen LogP) is 6.87. The van der Waals surface area contributed by atoms with E-state index in [-0.39, 0.29) is 11.5 Å². The van der Waals surface area contributed by atoms with Crippen molar-refractivity contribution in [3.8, 4) is 0 Å². The maximum Gasteiger partial charge on any atom is 0.410 e. The first kappa shape index (κ1) is 26.4. The van der Waals surface area contributed by atoms with Crippen LogP contribution in [0.1, 0.15) is 83.1 Å². The van der Waals surface area contributed by atoms with Gasteiger partial charge in [0.15, 0.2) is 0 Å². The summed E-state index contributed by atoms with van der Waals surface area (Å²) in [7, 11) is 0. The second-order valence-corrected chi connectivity index (χ2v) is 13.1. The lowest BCUT2D eigenvalue weighted by molar-refractivity contribution is 0.0144. The maximum atomic E-state index is 12.8. The van der Waals surface area contributed by atoms with E-state index in [1.807, 2.05) is 25.7 Å². The molecule has 6 nitrogen and oxygen atoms in total. The summed E-state index contributed by atoms with van der Waals surface area (Å²) < 4.78 is 8.21. The lowest BCUT2D eigenvalue weighted by atomic mass is 9.70. The fraction of sp³-hybridized carbons (Fsp3) is 0.576. The molecule has 6 rings (SSSR count). The van der Waals surface area contributed by atoms with E-state index in [9.17, 15) is 4.79 Å². The van der Waals surface area contributed by atoms with Gasteiger partial charge < -0.3 is 14.2 Å². The van der Waals surface area contributed by atoms with Gasteiger partial charge in [-0.25, -0.2) is 9.78 Å². The number of imidazole rings is 1. The molecule has 2 bridgehead atoms. The molecule has 208 valence electrons. The molecule has 1 amide bonds. The Balaban J connectivity index is 1.16. The Hall–Kier alpha value is -2.86. The first-order chi connectivity index (χ1) is 18.7. The Morgan fingerprint density at radius 3 is 2.26 bits per heavy atom. The third kappa shape index (κ3) is 5.20. The number of rotatable bonds is 5. The summed E-state index contributed by atoms with van der Waals surface area (Å²) in [4.78, 5) is 22.4. The number of nitrogens with zero attached hydrogens (tertiary/aromatic N) is 4. The molecule has 0 unspecified atom stereocenters. The smallest absolute Gasteiger partial charge is 0.410 e. The molecule has 3 fully saturated rings. The molecule has 3 atom stereocenters. The summed E-state index contributed by atoms with van der Waals surface area (Å²) in [5, 5.41) is 0. The lowest BCUT2D eigenvalue weighted by Gasteiger charge is -2.45. The molecule has 0 N–H and O–H groups in total. The van der Waals surface area contributed by atoms with Crippen molar-refractivity contribution in [3.63, 3.8) is 0 Å². The number of para-hydroxylation sites is 2. The van der Waals surface area contributed by atoms with Gasteiger partial charge in [0.05, 0.1) is 11.0 Å². The van der Waals surface area contributed by atoms with Gasteiger partial charge in [-0.05, 0) is 102 Å². The zero-order valence-electron chi connectivity index (χ0n) is 24.1. The molecule has 3 aromatic rings. The Morgan fingerprint density at radius 2 is 1.59 bits per heavy atom. The second-order valence-electron chi connectivity index (χ2n) is 13.1. The van der Waals surface area contributed by atoms with Crippen molar-refractivity contribution in [3.05, 3.63) is 66.0 Å². The van der Waals surface area contributed by atoms with E-state index in [1.165, 1.54) is 36.8 Å². The van der Waals surface area contributed by atoms with Crippen molar-refractivity contribution < 1.29 is 9.53 Å². The van der Waals surface area contributed by atoms with E-state index < -0.39 is 5.60 Å². The monoisotopic (exact) mass is 528 g/mol. The average molecular weight is 529 g/mol. The molecular formula is C33H44N4O2. The van der Waals surface area contributed by atoms with Crippen LogP contribution in [0.5, 0.6) is 0 Å². The van der Waals surface area contributed by atoms with Crippen molar-refractivity contribution >= 4 is 17.1 Å². The van der Waals surface area contributed by atoms with Gasteiger partial charge in [0.25, 0.3) is 0 Å². The fourth-order valence-corrected chi connectivity index (χ4v) is 7.71. The summed E-state index contributed by atoms with van der Waals surface area (Å²) in [6.45, 7) is 10.6. The number of carbonyl (C=O) groups excluding carboxylic acids is 1. The molecule has 3 aliphatic heterocycles. The quantitative estimate of drug-likeness (QED) is 0.363. The summed E-state index contributed by atoms with van der Waals surface area (Å²) in [6, 6.07) is 21.5. The van der Waals surface area contributed by atoms with Gasteiger partial charge in [-0.3, -0.25) is 4.90 Å². The zero-order valence-corrected chi connectivity index (χ0v) is 24.1. The number of likely N-dealkylation sites (tertiary alicyclic amines) is 1. The first-order valence-corrected chi connectivity index (χ1v) is 15.0. The van der Waals surface area contributed by atoms with Gasteiger partial charge in [0, 0.05) is 31.2 Å². The van der Waals surface area contributed by atoms with Crippen molar-refractivity contribution in [1.29, 1.82) is 0 Å². The number of fused-ring (bicyclic) bond motifs is 3. The molecule has 0 saturated carbocycles.